The van der Waals surface area contributed by atoms with Crippen molar-refractivity contribution < 1.29 is 5.11 Å². The van der Waals surface area contributed by atoms with Crippen molar-refractivity contribution in [1.29, 1.82) is 0 Å². The number of rotatable bonds is 3. The van der Waals surface area contributed by atoms with Gasteiger partial charge in [-0.15, -0.1) is 0 Å². The topological polar surface area (TPSA) is 46.0 Å². The predicted molar refractivity (Wildman–Crippen MR) is 87.0 cm³/mol. The fourth-order valence-corrected chi connectivity index (χ4v) is 2.91. The van der Waals surface area contributed by atoms with Gasteiger partial charge in [-0.3, -0.25) is 9.97 Å². The summed E-state index contributed by atoms with van der Waals surface area (Å²) in [6.45, 7) is 0. The van der Waals surface area contributed by atoms with Gasteiger partial charge >= 0.3 is 0 Å². The van der Waals surface area contributed by atoms with E-state index in [1.54, 1.807) is 36.9 Å². The van der Waals surface area contributed by atoms with Crippen molar-refractivity contribution in [3.63, 3.8) is 0 Å². The molecule has 0 unspecified atom stereocenters. The maximum Gasteiger partial charge on any atom is 0.146 e. The third-order valence-electron chi connectivity index (χ3n) is 3.51. The average Bonchev–Trinajstić information content (AvgIpc) is 2.56. The van der Waals surface area contributed by atoms with E-state index in [1.807, 2.05) is 30.3 Å². The van der Waals surface area contributed by atoms with Crippen molar-refractivity contribution in [2.75, 3.05) is 0 Å². The van der Waals surface area contributed by atoms with Crippen molar-refractivity contribution in [1.82, 2.24) is 9.97 Å². The summed E-state index contributed by atoms with van der Waals surface area (Å²) in [5.41, 5.74) is 0.0214. The van der Waals surface area contributed by atoms with Crippen LogP contribution in [0.1, 0.15) is 16.7 Å². The first-order chi connectivity index (χ1) is 10.6. The molecule has 3 nitrogen and oxygen atoms in total. The Bertz CT molecular complexity index is 748. The first-order valence-corrected chi connectivity index (χ1v) is 7.37. The molecule has 110 valence electrons. The smallest absolute Gasteiger partial charge is 0.146 e. The van der Waals surface area contributed by atoms with Gasteiger partial charge in [-0.1, -0.05) is 53.5 Å². The van der Waals surface area contributed by atoms with E-state index in [0.29, 0.717) is 26.7 Å². The molecular formula is C17H12Cl2N2O. The van der Waals surface area contributed by atoms with Crippen molar-refractivity contribution in [3.05, 3.63) is 94.0 Å². The van der Waals surface area contributed by atoms with Gasteiger partial charge in [0.2, 0.25) is 0 Å². The Kier molecular flexibility index (Phi) is 4.12. The van der Waals surface area contributed by atoms with E-state index in [4.69, 9.17) is 23.2 Å². The first-order valence-electron chi connectivity index (χ1n) is 6.62. The number of aliphatic hydroxyl groups is 1. The van der Waals surface area contributed by atoms with Crippen LogP contribution in [0.2, 0.25) is 10.0 Å². The first kappa shape index (κ1) is 15.0. The molecule has 0 spiro atoms. The number of benzene rings is 1. The summed E-state index contributed by atoms with van der Waals surface area (Å²) >= 11 is 12.6. The van der Waals surface area contributed by atoms with Crippen LogP contribution in [0.3, 0.4) is 0 Å². The SMILES string of the molecule is OC(c1ccccc1)(c1cnccc1Cl)c1cnccc1Cl. The lowest BCUT2D eigenvalue weighted by Gasteiger charge is -2.30. The summed E-state index contributed by atoms with van der Waals surface area (Å²) in [4.78, 5) is 8.17. The van der Waals surface area contributed by atoms with E-state index in [0.717, 1.165) is 0 Å². The molecule has 0 fully saturated rings. The third kappa shape index (κ3) is 2.48. The molecule has 0 radical (unpaired) electrons. The Labute approximate surface area is 138 Å². The number of hydrogen-bond acceptors (Lipinski definition) is 3. The van der Waals surface area contributed by atoms with Gasteiger partial charge in [0.1, 0.15) is 5.60 Å². The Balaban J connectivity index is 2.33. The molecule has 0 aliphatic heterocycles. The normalized spacial score (nSPS) is 11.4. The zero-order chi connectivity index (χ0) is 15.6. The molecule has 0 saturated heterocycles. The molecule has 0 atom stereocenters. The lowest BCUT2D eigenvalue weighted by molar-refractivity contribution is 0.125. The number of aromatic nitrogens is 2. The van der Waals surface area contributed by atoms with Crippen LogP contribution in [0.4, 0.5) is 0 Å². The third-order valence-corrected chi connectivity index (χ3v) is 4.17. The van der Waals surface area contributed by atoms with Crippen LogP contribution in [-0.2, 0) is 5.60 Å². The minimum Gasteiger partial charge on any atom is -0.376 e. The van der Waals surface area contributed by atoms with Crippen LogP contribution in [0, 0.1) is 0 Å². The van der Waals surface area contributed by atoms with Gasteiger partial charge in [-0.05, 0) is 17.7 Å². The Morgan fingerprint density at radius 1 is 0.773 bits per heavy atom. The molecule has 22 heavy (non-hydrogen) atoms. The van der Waals surface area contributed by atoms with Crippen LogP contribution in [0.15, 0.2) is 67.3 Å². The molecule has 3 aromatic rings. The Morgan fingerprint density at radius 2 is 1.27 bits per heavy atom. The fourth-order valence-electron chi connectivity index (χ4n) is 2.42. The molecule has 2 aromatic heterocycles. The van der Waals surface area contributed by atoms with E-state index in [1.165, 1.54) is 0 Å². The summed E-state index contributed by atoms with van der Waals surface area (Å²) in [5, 5.41) is 12.3. The zero-order valence-electron chi connectivity index (χ0n) is 11.4. The van der Waals surface area contributed by atoms with E-state index in [-0.39, 0.29) is 0 Å². The standard InChI is InChI=1S/C17H12Cl2N2O/c18-15-6-8-20-10-13(15)17(22,12-4-2-1-3-5-12)14-11-21-9-7-16(14)19/h1-11,22H. The highest BCUT2D eigenvalue weighted by Crippen LogP contribution is 2.41. The summed E-state index contributed by atoms with van der Waals surface area (Å²) in [6, 6.07) is 12.5. The summed E-state index contributed by atoms with van der Waals surface area (Å²) in [6.07, 6.45) is 6.22. The van der Waals surface area contributed by atoms with E-state index in [2.05, 4.69) is 9.97 Å². The number of nitrogens with zero attached hydrogens (tertiary/aromatic N) is 2. The van der Waals surface area contributed by atoms with Crippen LogP contribution in [0.5, 0.6) is 0 Å². The monoisotopic (exact) mass is 330 g/mol. The molecular weight excluding hydrogens is 319 g/mol. The van der Waals surface area contributed by atoms with Gasteiger partial charge in [0, 0.05) is 35.9 Å². The summed E-state index contributed by atoms with van der Waals surface area (Å²) in [5.74, 6) is 0. The van der Waals surface area contributed by atoms with Gasteiger partial charge < -0.3 is 5.11 Å². The second-order valence-corrected chi connectivity index (χ2v) is 5.60. The second kappa shape index (κ2) is 6.05. The quantitative estimate of drug-likeness (QED) is 0.787. The van der Waals surface area contributed by atoms with E-state index in [9.17, 15) is 5.11 Å². The Morgan fingerprint density at radius 3 is 1.73 bits per heavy atom. The van der Waals surface area contributed by atoms with Crippen molar-refractivity contribution >= 4 is 23.2 Å². The molecule has 2 heterocycles. The molecule has 0 amide bonds. The molecule has 5 heteroatoms. The Hall–Kier alpha value is -1.94. The van der Waals surface area contributed by atoms with Gasteiger partial charge in [-0.2, -0.15) is 0 Å². The second-order valence-electron chi connectivity index (χ2n) is 4.79. The summed E-state index contributed by atoms with van der Waals surface area (Å²) < 4.78 is 0. The van der Waals surface area contributed by atoms with Gasteiger partial charge in [-0.25, -0.2) is 0 Å². The van der Waals surface area contributed by atoms with Crippen LogP contribution in [0.25, 0.3) is 0 Å². The van der Waals surface area contributed by atoms with Gasteiger partial charge in [0.05, 0.1) is 10.0 Å². The maximum absolute atomic E-state index is 11.5. The highest BCUT2D eigenvalue weighted by atomic mass is 35.5. The predicted octanol–water partition coefficient (Wildman–Crippen LogP) is 4.07. The van der Waals surface area contributed by atoms with Gasteiger partial charge in [0.15, 0.2) is 0 Å². The molecule has 0 bridgehead atoms. The van der Waals surface area contributed by atoms with E-state index >= 15 is 0 Å². The minimum atomic E-state index is -1.53. The number of halogens is 2. The lowest BCUT2D eigenvalue weighted by Crippen LogP contribution is -2.30. The highest BCUT2D eigenvalue weighted by molar-refractivity contribution is 6.32. The molecule has 1 N–H and O–H groups in total. The number of hydrogen-bond donors (Lipinski definition) is 1. The van der Waals surface area contributed by atoms with Crippen LogP contribution in [-0.4, -0.2) is 15.1 Å². The molecule has 0 aliphatic carbocycles. The summed E-state index contributed by atoms with van der Waals surface area (Å²) in [7, 11) is 0. The maximum atomic E-state index is 11.5. The van der Waals surface area contributed by atoms with Crippen LogP contribution >= 0.6 is 23.2 Å². The minimum absolute atomic E-state index is 0.404. The van der Waals surface area contributed by atoms with Crippen LogP contribution < -0.4 is 0 Å². The average molecular weight is 331 g/mol. The fraction of sp³-hybridized carbons (Fsp3) is 0.0588. The van der Waals surface area contributed by atoms with Crippen molar-refractivity contribution in [2.45, 2.75) is 5.60 Å². The van der Waals surface area contributed by atoms with Gasteiger partial charge in [0.25, 0.3) is 0 Å². The molecule has 3 rings (SSSR count). The number of pyridine rings is 2. The van der Waals surface area contributed by atoms with Crippen molar-refractivity contribution in [3.8, 4) is 0 Å². The molecule has 0 saturated carbocycles. The highest BCUT2D eigenvalue weighted by Gasteiger charge is 2.37. The largest absolute Gasteiger partial charge is 0.376 e. The lowest BCUT2D eigenvalue weighted by atomic mass is 9.82. The molecule has 1 aromatic carbocycles. The molecule has 0 aliphatic rings. The van der Waals surface area contributed by atoms with Crippen molar-refractivity contribution in [2.24, 2.45) is 0 Å². The zero-order valence-corrected chi connectivity index (χ0v) is 13.0. The van der Waals surface area contributed by atoms with E-state index < -0.39 is 5.60 Å².